The predicted molar refractivity (Wildman–Crippen MR) is 105 cm³/mol. The Hall–Kier alpha value is -2.73. The first-order valence-electron chi connectivity index (χ1n) is 8.39. The van der Waals surface area contributed by atoms with Crippen LogP contribution < -0.4 is 5.43 Å². The fourth-order valence-corrected chi connectivity index (χ4v) is 3.46. The second-order valence-electron chi connectivity index (χ2n) is 6.23. The second-order valence-corrected chi connectivity index (χ2v) is 7.14. The number of rotatable bonds is 3. The number of nitrogens with one attached hydrogen (secondary N) is 2. The maximum absolute atomic E-state index is 12.6. The highest BCUT2D eigenvalue weighted by Crippen LogP contribution is 2.33. The van der Waals surface area contributed by atoms with Crippen molar-refractivity contribution < 1.29 is 4.79 Å². The van der Waals surface area contributed by atoms with Crippen molar-refractivity contribution in [2.45, 2.75) is 19.8 Å². The number of nitrogens with zero attached hydrogens (tertiary/aromatic N) is 2. The lowest BCUT2D eigenvalue weighted by Crippen LogP contribution is -2.21. The number of fused-ring (bicyclic) bond motifs is 3. The van der Waals surface area contributed by atoms with Gasteiger partial charge < -0.3 is 0 Å². The lowest BCUT2D eigenvalue weighted by atomic mass is 9.89. The molecule has 1 aromatic heterocycles. The van der Waals surface area contributed by atoms with Crippen molar-refractivity contribution >= 4 is 27.5 Å². The Bertz CT molecular complexity index is 1000. The largest absolute Gasteiger partial charge is 0.289 e. The average Bonchev–Trinajstić information content (AvgIpc) is 3.11. The molecule has 3 aromatic rings. The molecule has 1 aliphatic rings. The van der Waals surface area contributed by atoms with Crippen molar-refractivity contribution in [1.82, 2.24) is 15.6 Å². The van der Waals surface area contributed by atoms with Gasteiger partial charge in [0.05, 0.1) is 11.4 Å². The van der Waals surface area contributed by atoms with Crippen molar-refractivity contribution in [3.05, 3.63) is 75.4 Å². The minimum atomic E-state index is -0.269. The zero-order valence-corrected chi connectivity index (χ0v) is 15.8. The summed E-state index contributed by atoms with van der Waals surface area (Å²) in [5.74, 6) is -0.269. The van der Waals surface area contributed by atoms with Gasteiger partial charge >= 0.3 is 0 Å². The van der Waals surface area contributed by atoms with E-state index in [0.717, 1.165) is 45.4 Å². The van der Waals surface area contributed by atoms with Gasteiger partial charge in [-0.1, -0.05) is 52.3 Å². The zero-order chi connectivity index (χ0) is 18.1. The van der Waals surface area contributed by atoms with Crippen LogP contribution in [0.4, 0.5) is 0 Å². The SMILES string of the molecule is C/C(=N/NC(=O)c1[nH]nc2c1CCc1ccccc1-2)c1ccc(Br)cc1. The van der Waals surface area contributed by atoms with Crippen LogP contribution in [0.1, 0.15) is 34.1 Å². The smallest absolute Gasteiger partial charge is 0.272 e. The number of aromatic amines is 1. The van der Waals surface area contributed by atoms with Gasteiger partial charge in [0.2, 0.25) is 0 Å². The molecule has 0 fully saturated rings. The monoisotopic (exact) mass is 408 g/mol. The van der Waals surface area contributed by atoms with Crippen molar-refractivity contribution in [2.75, 3.05) is 0 Å². The number of carbonyl (C=O) groups is 1. The number of halogens is 1. The Morgan fingerprint density at radius 1 is 1.15 bits per heavy atom. The highest BCUT2D eigenvalue weighted by atomic mass is 79.9. The fourth-order valence-electron chi connectivity index (χ4n) is 3.19. The van der Waals surface area contributed by atoms with E-state index in [1.807, 2.05) is 49.4 Å². The van der Waals surface area contributed by atoms with Gasteiger partial charge in [0, 0.05) is 15.6 Å². The average molecular weight is 409 g/mol. The molecule has 1 amide bonds. The standard InChI is InChI=1S/C20H17BrN4O/c1-12(13-6-9-15(21)10-7-13)22-25-20(26)19-17-11-8-14-4-2-3-5-16(14)18(17)23-24-19/h2-7,9-10H,8,11H2,1H3,(H,23,24)(H,25,26)/b22-12-. The van der Waals surface area contributed by atoms with E-state index in [1.54, 1.807) is 0 Å². The van der Waals surface area contributed by atoms with E-state index in [2.05, 4.69) is 42.7 Å². The van der Waals surface area contributed by atoms with Crippen LogP contribution in [-0.4, -0.2) is 21.8 Å². The van der Waals surface area contributed by atoms with Gasteiger partial charge in [-0.2, -0.15) is 10.2 Å². The number of hydrogen-bond acceptors (Lipinski definition) is 3. The first-order chi connectivity index (χ1) is 12.6. The van der Waals surface area contributed by atoms with Crippen LogP contribution in [0.2, 0.25) is 0 Å². The molecule has 0 atom stereocenters. The maximum atomic E-state index is 12.6. The third-order valence-electron chi connectivity index (χ3n) is 4.60. The maximum Gasteiger partial charge on any atom is 0.289 e. The van der Waals surface area contributed by atoms with E-state index in [9.17, 15) is 4.79 Å². The quantitative estimate of drug-likeness (QED) is 0.505. The number of carbonyl (C=O) groups excluding carboxylic acids is 1. The molecule has 5 nitrogen and oxygen atoms in total. The molecule has 2 aromatic carbocycles. The summed E-state index contributed by atoms with van der Waals surface area (Å²) in [4.78, 5) is 12.6. The molecule has 0 radical (unpaired) electrons. The summed E-state index contributed by atoms with van der Waals surface area (Å²) in [6.45, 7) is 1.86. The summed E-state index contributed by atoms with van der Waals surface area (Å²) < 4.78 is 1.00. The number of benzene rings is 2. The van der Waals surface area contributed by atoms with Crippen LogP contribution in [0.5, 0.6) is 0 Å². The molecule has 0 spiro atoms. The molecule has 0 bridgehead atoms. The molecule has 0 saturated carbocycles. The van der Waals surface area contributed by atoms with Crippen LogP contribution in [0.25, 0.3) is 11.3 Å². The first-order valence-corrected chi connectivity index (χ1v) is 9.19. The topological polar surface area (TPSA) is 70.1 Å². The zero-order valence-electron chi connectivity index (χ0n) is 14.2. The Balaban J connectivity index is 1.56. The number of aromatic nitrogens is 2. The molecule has 0 saturated heterocycles. The van der Waals surface area contributed by atoms with Crippen molar-refractivity contribution in [3.8, 4) is 11.3 Å². The molecule has 26 heavy (non-hydrogen) atoms. The minimum absolute atomic E-state index is 0.269. The Labute approximate surface area is 159 Å². The van der Waals surface area contributed by atoms with Gasteiger partial charge in [0.1, 0.15) is 5.69 Å². The molecular weight excluding hydrogens is 392 g/mol. The summed E-state index contributed by atoms with van der Waals surface area (Å²) >= 11 is 3.41. The molecule has 4 rings (SSSR count). The minimum Gasteiger partial charge on any atom is -0.272 e. The first kappa shape index (κ1) is 16.7. The lowest BCUT2D eigenvalue weighted by molar-refractivity contribution is 0.0949. The van der Waals surface area contributed by atoms with Gasteiger partial charge in [-0.15, -0.1) is 0 Å². The molecule has 1 heterocycles. The van der Waals surface area contributed by atoms with Crippen LogP contribution in [0, 0.1) is 0 Å². The highest BCUT2D eigenvalue weighted by molar-refractivity contribution is 9.10. The summed E-state index contributed by atoms with van der Waals surface area (Å²) in [5.41, 5.74) is 9.00. The molecule has 1 aliphatic carbocycles. The van der Waals surface area contributed by atoms with E-state index in [-0.39, 0.29) is 5.91 Å². The van der Waals surface area contributed by atoms with Gasteiger partial charge in [-0.3, -0.25) is 9.89 Å². The van der Waals surface area contributed by atoms with Gasteiger partial charge in [0.15, 0.2) is 0 Å². The molecule has 2 N–H and O–H groups in total. The third kappa shape index (κ3) is 3.08. The lowest BCUT2D eigenvalue weighted by Gasteiger charge is -2.15. The molecule has 130 valence electrons. The molecule has 6 heteroatoms. The van der Waals surface area contributed by atoms with Crippen molar-refractivity contribution in [2.24, 2.45) is 5.10 Å². The molecule has 0 unspecified atom stereocenters. The highest BCUT2D eigenvalue weighted by Gasteiger charge is 2.24. The molecular formula is C20H17BrN4O. The number of hydrogen-bond donors (Lipinski definition) is 2. The number of H-pyrrole nitrogens is 1. The summed E-state index contributed by atoms with van der Waals surface area (Å²) in [6.07, 6.45) is 1.70. The summed E-state index contributed by atoms with van der Waals surface area (Å²) in [6, 6.07) is 16.0. The normalized spacial score (nSPS) is 13.1. The third-order valence-corrected chi connectivity index (χ3v) is 5.13. The van der Waals surface area contributed by atoms with E-state index < -0.39 is 0 Å². The van der Waals surface area contributed by atoms with Crippen LogP contribution in [0.15, 0.2) is 58.1 Å². The van der Waals surface area contributed by atoms with E-state index in [1.165, 1.54) is 5.56 Å². The van der Waals surface area contributed by atoms with Crippen LogP contribution in [-0.2, 0) is 12.8 Å². The van der Waals surface area contributed by atoms with Crippen LogP contribution >= 0.6 is 15.9 Å². The van der Waals surface area contributed by atoms with E-state index >= 15 is 0 Å². The number of hydrazone groups is 1. The van der Waals surface area contributed by atoms with E-state index in [0.29, 0.717) is 5.69 Å². The Morgan fingerprint density at radius 3 is 2.73 bits per heavy atom. The van der Waals surface area contributed by atoms with Gasteiger partial charge in [0.25, 0.3) is 5.91 Å². The van der Waals surface area contributed by atoms with Crippen molar-refractivity contribution in [3.63, 3.8) is 0 Å². The van der Waals surface area contributed by atoms with Crippen LogP contribution in [0.3, 0.4) is 0 Å². The van der Waals surface area contributed by atoms with Gasteiger partial charge in [-0.05, 0) is 43.0 Å². The number of aryl methyl sites for hydroxylation is 1. The fraction of sp³-hybridized carbons (Fsp3) is 0.150. The van der Waals surface area contributed by atoms with Gasteiger partial charge in [-0.25, -0.2) is 5.43 Å². The summed E-state index contributed by atoms with van der Waals surface area (Å²) in [5, 5.41) is 11.5. The van der Waals surface area contributed by atoms with Crippen molar-refractivity contribution in [1.29, 1.82) is 0 Å². The summed E-state index contributed by atoms with van der Waals surface area (Å²) in [7, 11) is 0. The van der Waals surface area contributed by atoms with E-state index in [4.69, 9.17) is 0 Å². The number of amides is 1. The molecule has 0 aliphatic heterocycles. The second kappa shape index (κ2) is 6.88. The Kier molecular flexibility index (Phi) is 4.42. The predicted octanol–water partition coefficient (Wildman–Crippen LogP) is 4.09. The Morgan fingerprint density at radius 2 is 1.92 bits per heavy atom.